The minimum Gasteiger partial charge on any atom is -0.496 e. The van der Waals surface area contributed by atoms with Gasteiger partial charge in [-0.2, -0.15) is 0 Å². The molecule has 1 aromatic carbocycles. The first-order valence-corrected chi connectivity index (χ1v) is 20.5. The van der Waals surface area contributed by atoms with Crippen LogP contribution in [-0.4, -0.2) is 84.3 Å². The van der Waals surface area contributed by atoms with E-state index >= 15 is 0 Å². The van der Waals surface area contributed by atoms with Gasteiger partial charge in [-0.15, -0.1) is 11.3 Å². The Morgan fingerprint density at radius 1 is 1.13 bits per heavy atom. The van der Waals surface area contributed by atoms with Crippen LogP contribution in [0.25, 0.3) is 21.6 Å². The molecule has 52 heavy (non-hydrogen) atoms. The minimum absolute atomic E-state index is 0.117. The molecule has 4 unspecified atom stereocenters. The van der Waals surface area contributed by atoms with Gasteiger partial charge in [-0.1, -0.05) is 32.4 Å². The molecule has 0 bridgehead atoms. The Morgan fingerprint density at radius 2 is 1.94 bits per heavy atom. The fraction of sp³-hybridized carbons (Fsp3) is 0.541. The lowest BCUT2D eigenvalue weighted by Gasteiger charge is -2.26. The number of urea groups is 1. The number of nitrogens with zero attached hydrogens (tertiary/aromatic N) is 3. The highest BCUT2D eigenvalue weighted by Gasteiger charge is 2.62. The van der Waals surface area contributed by atoms with Crippen molar-refractivity contribution in [3.63, 3.8) is 0 Å². The molecule has 3 N–H and O–H groups in total. The molecule has 2 aromatic heterocycles. The lowest BCUT2D eigenvalue weighted by atomic mass is 10.1. The van der Waals surface area contributed by atoms with Gasteiger partial charge in [0.05, 0.1) is 30.1 Å². The lowest BCUT2D eigenvalue weighted by molar-refractivity contribution is -0.131. The Balaban J connectivity index is 1.20. The van der Waals surface area contributed by atoms with Crippen molar-refractivity contribution < 1.29 is 32.3 Å². The van der Waals surface area contributed by atoms with Gasteiger partial charge in [0.1, 0.15) is 39.9 Å². The molecule has 0 radical (unpaired) electrons. The first-order valence-electron chi connectivity index (χ1n) is 18.1. The molecule has 4 amide bonds. The highest BCUT2D eigenvalue weighted by molar-refractivity contribution is 7.91. The van der Waals surface area contributed by atoms with Crippen LogP contribution in [0.3, 0.4) is 0 Å². The molecule has 4 atom stereocenters. The molecule has 278 valence electrons. The van der Waals surface area contributed by atoms with Crippen molar-refractivity contribution in [3.8, 4) is 22.2 Å². The number of aryl methyl sites for hydroxylation is 1. The van der Waals surface area contributed by atoms with Gasteiger partial charge in [0.25, 0.3) is 5.91 Å². The van der Waals surface area contributed by atoms with Crippen LogP contribution >= 0.6 is 11.3 Å². The molecule has 4 aliphatic rings. The van der Waals surface area contributed by atoms with E-state index in [1.54, 1.807) is 7.11 Å². The van der Waals surface area contributed by atoms with E-state index in [4.69, 9.17) is 19.4 Å². The largest absolute Gasteiger partial charge is 0.496 e. The van der Waals surface area contributed by atoms with Crippen LogP contribution < -0.4 is 24.8 Å². The van der Waals surface area contributed by atoms with Crippen molar-refractivity contribution in [1.82, 2.24) is 30.2 Å². The molecule has 2 saturated carbocycles. The highest BCUT2D eigenvalue weighted by Crippen LogP contribution is 2.46. The number of fused-ring (bicyclic) bond motifs is 3. The van der Waals surface area contributed by atoms with E-state index in [1.807, 2.05) is 42.7 Å². The van der Waals surface area contributed by atoms with Gasteiger partial charge in [-0.25, -0.2) is 23.2 Å². The zero-order valence-corrected chi connectivity index (χ0v) is 31.6. The normalized spacial score (nSPS) is 26.0. The van der Waals surface area contributed by atoms with E-state index in [1.165, 1.54) is 16.2 Å². The number of aromatic nitrogens is 2. The average Bonchev–Trinajstić information content (AvgIpc) is 3.98. The van der Waals surface area contributed by atoms with Crippen molar-refractivity contribution in [3.05, 3.63) is 47.0 Å². The number of carbonyl (C=O) groups excluding carboxylic acids is 3. The molecule has 7 rings (SSSR count). The Bertz CT molecular complexity index is 2030. The second-order valence-electron chi connectivity index (χ2n) is 14.6. The predicted molar refractivity (Wildman–Crippen MR) is 198 cm³/mol. The standard InChI is InChI=1S/C37H46N6O7S2/c1-21(2)28-20-51-34(40-28)27-17-31(26-13-14-30(49-4)22(3)32(26)39-27)50-24-16-29-33(44)41-37(35(45)42-52(47,48)25-11-12-25)18-23(37)10-8-6-5-7-9-15-38-36(46)43(29)19-24/h8,10,13-14,17,20-21,23-25,29H,5-7,9,11-12,15-16,18-19H2,1-4H3,(H,38,46)(H,41,44)(H,42,45)/b10-8+. The van der Waals surface area contributed by atoms with Crippen LogP contribution in [0, 0.1) is 12.8 Å². The highest BCUT2D eigenvalue weighted by atomic mass is 32.2. The van der Waals surface area contributed by atoms with E-state index in [0.717, 1.165) is 47.3 Å². The smallest absolute Gasteiger partial charge is 0.318 e. The van der Waals surface area contributed by atoms with Crippen LogP contribution in [-0.2, 0) is 19.6 Å². The summed E-state index contributed by atoms with van der Waals surface area (Å²) in [5.41, 5.74) is 1.71. The van der Waals surface area contributed by atoms with Gasteiger partial charge in [-0.3, -0.25) is 14.3 Å². The average molecular weight is 751 g/mol. The number of methoxy groups -OCH3 is 1. The molecule has 0 spiro atoms. The fourth-order valence-electron chi connectivity index (χ4n) is 7.10. The monoisotopic (exact) mass is 750 g/mol. The number of benzene rings is 1. The number of hydrogen-bond donors (Lipinski definition) is 3. The number of nitrogens with one attached hydrogen (secondary N) is 3. The van der Waals surface area contributed by atoms with Gasteiger partial charge in [-0.05, 0) is 63.5 Å². The Hall–Kier alpha value is -4.24. The van der Waals surface area contributed by atoms with Crippen molar-refractivity contribution in [2.24, 2.45) is 5.92 Å². The van der Waals surface area contributed by atoms with E-state index < -0.39 is 50.8 Å². The molecule has 4 heterocycles. The maximum atomic E-state index is 14.2. The number of allylic oxidation sites excluding steroid dienone is 1. The van der Waals surface area contributed by atoms with Gasteiger partial charge >= 0.3 is 6.03 Å². The number of sulfonamides is 1. The summed E-state index contributed by atoms with van der Waals surface area (Å²) in [6.45, 7) is 6.69. The molecular weight excluding hydrogens is 705 g/mol. The van der Waals surface area contributed by atoms with Crippen LogP contribution in [0.1, 0.15) is 82.4 Å². The summed E-state index contributed by atoms with van der Waals surface area (Å²) < 4.78 is 40.1. The molecule has 1 saturated heterocycles. The maximum absolute atomic E-state index is 14.2. The van der Waals surface area contributed by atoms with Crippen LogP contribution in [0.15, 0.2) is 35.7 Å². The number of amides is 4. The number of hydrogen-bond acceptors (Lipinski definition) is 10. The van der Waals surface area contributed by atoms with Crippen molar-refractivity contribution in [1.29, 1.82) is 0 Å². The first kappa shape index (κ1) is 36.1. The van der Waals surface area contributed by atoms with Crippen molar-refractivity contribution >= 4 is 50.1 Å². The second kappa shape index (κ2) is 14.3. The van der Waals surface area contributed by atoms with Crippen molar-refractivity contribution in [2.75, 3.05) is 20.2 Å². The van der Waals surface area contributed by atoms with Crippen LogP contribution in [0.5, 0.6) is 11.5 Å². The van der Waals surface area contributed by atoms with Gasteiger partial charge in [0, 0.05) is 41.3 Å². The number of pyridine rings is 1. The van der Waals surface area contributed by atoms with Crippen LogP contribution in [0.2, 0.25) is 0 Å². The van der Waals surface area contributed by atoms with Gasteiger partial charge in [0.15, 0.2) is 0 Å². The second-order valence-corrected chi connectivity index (χ2v) is 17.4. The third-order valence-corrected chi connectivity index (χ3v) is 13.2. The zero-order chi connectivity index (χ0) is 36.8. The molecule has 3 fully saturated rings. The minimum atomic E-state index is -3.84. The Labute approximate surface area is 308 Å². The Morgan fingerprint density at radius 3 is 2.67 bits per heavy atom. The van der Waals surface area contributed by atoms with E-state index in [2.05, 4.69) is 29.2 Å². The third-order valence-electron chi connectivity index (χ3n) is 10.5. The third kappa shape index (κ3) is 7.21. The predicted octanol–water partition coefficient (Wildman–Crippen LogP) is 4.94. The summed E-state index contributed by atoms with van der Waals surface area (Å²) in [4.78, 5) is 52.7. The number of thiazole rings is 1. The van der Waals surface area contributed by atoms with E-state index in [-0.39, 0.29) is 31.2 Å². The molecule has 2 aliphatic heterocycles. The zero-order valence-electron chi connectivity index (χ0n) is 29.9. The summed E-state index contributed by atoms with van der Waals surface area (Å²) in [7, 11) is -2.23. The van der Waals surface area contributed by atoms with Crippen molar-refractivity contribution in [2.45, 2.75) is 101 Å². The molecule has 15 heteroatoms. The first-order chi connectivity index (χ1) is 24.9. The van der Waals surface area contributed by atoms with Crippen LogP contribution in [0.4, 0.5) is 4.79 Å². The SMILES string of the molecule is COc1ccc2c(OC3CC4C(=O)NC5(C(=O)NS(=O)(=O)C6CC6)CC5/C=C/CCCCCNC(=O)N4C3)cc(-c3nc(C(C)C)cs3)nc2c1C. The quantitative estimate of drug-likeness (QED) is 0.270. The number of rotatable bonds is 8. The fourth-order valence-corrected chi connectivity index (χ4v) is 9.40. The van der Waals surface area contributed by atoms with Gasteiger partial charge in [0.2, 0.25) is 15.9 Å². The van der Waals surface area contributed by atoms with E-state index in [0.29, 0.717) is 42.1 Å². The molecule has 3 aromatic rings. The summed E-state index contributed by atoms with van der Waals surface area (Å²) in [5.74, 6) is -0.167. The molecule has 2 aliphatic carbocycles. The summed E-state index contributed by atoms with van der Waals surface area (Å²) in [5, 5.41) is 8.81. The maximum Gasteiger partial charge on any atom is 0.318 e. The summed E-state index contributed by atoms with van der Waals surface area (Å²) in [6.07, 6.45) is 8.09. The summed E-state index contributed by atoms with van der Waals surface area (Å²) in [6, 6.07) is 4.24. The number of ether oxygens (including phenoxy) is 2. The topological polar surface area (TPSA) is 169 Å². The Kier molecular flexibility index (Phi) is 9.93. The van der Waals surface area contributed by atoms with E-state index in [9.17, 15) is 22.8 Å². The van der Waals surface area contributed by atoms with Gasteiger partial charge < -0.3 is 25.0 Å². The molecular formula is C37H46N6O7S2. The summed E-state index contributed by atoms with van der Waals surface area (Å²) >= 11 is 1.50. The number of carbonyl (C=O) groups is 3. The molecule has 13 nitrogen and oxygen atoms in total. The lowest BCUT2D eigenvalue weighted by Crippen LogP contribution is -2.57.